The van der Waals surface area contributed by atoms with Crippen molar-refractivity contribution in [1.82, 2.24) is 5.32 Å². The molecule has 0 aromatic rings. The molecule has 4 nitrogen and oxygen atoms in total. The Morgan fingerprint density at radius 1 is 1.33 bits per heavy atom. The minimum absolute atomic E-state index is 0.00629. The summed E-state index contributed by atoms with van der Waals surface area (Å²) in [6.07, 6.45) is 4.01. The van der Waals surface area contributed by atoms with Gasteiger partial charge in [-0.25, -0.2) is 0 Å². The van der Waals surface area contributed by atoms with Crippen LogP contribution in [0.4, 0.5) is 0 Å². The van der Waals surface area contributed by atoms with E-state index >= 15 is 0 Å². The van der Waals surface area contributed by atoms with Gasteiger partial charge in [-0.1, -0.05) is 12.8 Å². The largest absolute Gasteiger partial charge is 0.462 e. The van der Waals surface area contributed by atoms with Gasteiger partial charge in [-0.15, -0.1) is 0 Å². The molecule has 1 fully saturated rings. The van der Waals surface area contributed by atoms with Crippen LogP contribution in [0.15, 0.2) is 0 Å². The predicted octanol–water partition coefficient (Wildman–Crippen LogP) is 1.24. The highest BCUT2D eigenvalue weighted by Gasteiger charge is 2.22. The van der Waals surface area contributed by atoms with E-state index in [4.69, 9.17) is 4.74 Å². The van der Waals surface area contributed by atoms with Gasteiger partial charge in [-0.3, -0.25) is 9.59 Å². The third-order valence-corrected chi connectivity index (χ3v) is 2.50. The van der Waals surface area contributed by atoms with Gasteiger partial charge in [0.1, 0.15) is 6.54 Å². The molecular formula is C11H19NO3. The average molecular weight is 213 g/mol. The van der Waals surface area contributed by atoms with Crippen molar-refractivity contribution in [3.8, 4) is 0 Å². The molecule has 0 unspecified atom stereocenters. The molecule has 15 heavy (non-hydrogen) atoms. The number of ether oxygens (including phenoxy) is 1. The molecule has 0 spiro atoms. The Balaban J connectivity index is 2.18. The molecule has 1 saturated carbocycles. The van der Waals surface area contributed by atoms with E-state index in [1.54, 1.807) is 13.8 Å². The fourth-order valence-electron chi connectivity index (χ4n) is 1.80. The molecule has 0 aromatic heterocycles. The van der Waals surface area contributed by atoms with Crippen LogP contribution < -0.4 is 5.32 Å². The van der Waals surface area contributed by atoms with Crippen LogP contribution in [0.1, 0.15) is 39.5 Å². The second kappa shape index (κ2) is 5.73. The molecule has 0 aromatic carbocycles. The lowest BCUT2D eigenvalue weighted by Gasteiger charge is -2.11. The van der Waals surface area contributed by atoms with Crippen molar-refractivity contribution in [1.29, 1.82) is 0 Å². The van der Waals surface area contributed by atoms with Crippen molar-refractivity contribution in [2.45, 2.75) is 45.6 Å². The van der Waals surface area contributed by atoms with Crippen molar-refractivity contribution in [2.75, 3.05) is 6.54 Å². The van der Waals surface area contributed by atoms with Crippen molar-refractivity contribution < 1.29 is 14.3 Å². The summed E-state index contributed by atoms with van der Waals surface area (Å²) in [5.74, 6) is -0.263. The van der Waals surface area contributed by atoms with Crippen molar-refractivity contribution >= 4 is 11.9 Å². The highest BCUT2D eigenvalue weighted by atomic mass is 16.5. The summed E-state index contributed by atoms with van der Waals surface area (Å²) in [7, 11) is 0. The minimum atomic E-state index is -0.364. The van der Waals surface area contributed by atoms with Crippen LogP contribution in [0.25, 0.3) is 0 Å². The molecule has 1 amide bonds. The molecule has 0 heterocycles. The van der Waals surface area contributed by atoms with Crippen LogP contribution >= 0.6 is 0 Å². The highest BCUT2D eigenvalue weighted by Crippen LogP contribution is 2.24. The summed E-state index contributed by atoms with van der Waals surface area (Å²) < 4.78 is 4.91. The van der Waals surface area contributed by atoms with Gasteiger partial charge in [-0.2, -0.15) is 0 Å². The van der Waals surface area contributed by atoms with Crippen LogP contribution in [0.2, 0.25) is 0 Å². The highest BCUT2D eigenvalue weighted by molar-refractivity contribution is 5.83. The van der Waals surface area contributed by atoms with E-state index in [-0.39, 0.29) is 30.4 Å². The van der Waals surface area contributed by atoms with Gasteiger partial charge in [-0.05, 0) is 26.7 Å². The minimum Gasteiger partial charge on any atom is -0.462 e. The number of rotatable bonds is 4. The molecule has 86 valence electrons. The first-order valence-corrected chi connectivity index (χ1v) is 5.57. The van der Waals surface area contributed by atoms with E-state index in [2.05, 4.69) is 5.32 Å². The zero-order chi connectivity index (χ0) is 11.3. The molecule has 1 N–H and O–H groups in total. The van der Waals surface area contributed by atoms with E-state index in [0.29, 0.717) is 0 Å². The van der Waals surface area contributed by atoms with Crippen LogP contribution in [-0.4, -0.2) is 24.5 Å². The van der Waals surface area contributed by atoms with Gasteiger partial charge in [0.15, 0.2) is 0 Å². The molecule has 4 heteroatoms. The maximum Gasteiger partial charge on any atom is 0.325 e. The first kappa shape index (κ1) is 12.0. The van der Waals surface area contributed by atoms with Crippen molar-refractivity contribution in [2.24, 2.45) is 5.92 Å². The lowest BCUT2D eigenvalue weighted by atomic mass is 10.1. The van der Waals surface area contributed by atoms with E-state index in [1.165, 1.54) is 0 Å². The Morgan fingerprint density at radius 2 is 1.93 bits per heavy atom. The van der Waals surface area contributed by atoms with Crippen LogP contribution in [-0.2, 0) is 14.3 Å². The van der Waals surface area contributed by atoms with Crippen LogP contribution in [0.3, 0.4) is 0 Å². The molecule has 0 saturated heterocycles. The number of carbonyl (C=O) groups excluding carboxylic acids is 2. The Bertz CT molecular complexity index is 232. The molecule has 1 aliphatic rings. The average Bonchev–Trinajstić information content (AvgIpc) is 2.65. The van der Waals surface area contributed by atoms with Crippen molar-refractivity contribution in [3.05, 3.63) is 0 Å². The molecule has 1 aliphatic carbocycles. The van der Waals surface area contributed by atoms with Gasteiger partial charge in [0.2, 0.25) is 5.91 Å². The number of amides is 1. The normalized spacial score (nSPS) is 16.7. The summed E-state index contributed by atoms with van der Waals surface area (Å²) in [4.78, 5) is 22.7. The number of carbonyl (C=O) groups is 2. The van der Waals surface area contributed by atoms with E-state index in [0.717, 1.165) is 25.7 Å². The van der Waals surface area contributed by atoms with Crippen LogP contribution in [0.5, 0.6) is 0 Å². The van der Waals surface area contributed by atoms with Gasteiger partial charge in [0.05, 0.1) is 6.10 Å². The maximum absolute atomic E-state index is 11.5. The zero-order valence-corrected chi connectivity index (χ0v) is 9.41. The standard InChI is InChI=1S/C11H19NO3/c1-8(2)15-10(13)7-12-11(14)9-5-3-4-6-9/h8-9H,3-7H2,1-2H3,(H,12,14). The Kier molecular flexibility index (Phi) is 4.59. The first-order chi connectivity index (χ1) is 7.09. The fourth-order valence-corrected chi connectivity index (χ4v) is 1.80. The number of hydrogen-bond acceptors (Lipinski definition) is 3. The van der Waals surface area contributed by atoms with E-state index < -0.39 is 0 Å². The summed E-state index contributed by atoms with van der Waals surface area (Å²) in [6.45, 7) is 3.57. The Hall–Kier alpha value is -1.06. The van der Waals surface area contributed by atoms with Crippen LogP contribution in [0, 0.1) is 5.92 Å². The number of esters is 1. The predicted molar refractivity (Wildman–Crippen MR) is 56.2 cm³/mol. The van der Waals surface area contributed by atoms with Gasteiger partial charge < -0.3 is 10.1 Å². The molecule has 1 rings (SSSR count). The molecule has 0 radical (unpaired) electrons. The third-order valence-electron chi connectivity index (χ3n) is 2.50. The monoisotopic (exact) mass is 213 g/mol. The second-order valence-electron chi connectivity index (χ2n) is 4.24. The molecule has 0 aliphatic heterocycles. The first-order valence-electron chi connectivity index (χ1n) is 5.57. The number of nitrogens with one attached hydrogen (secondary N) is 1. The Morgan fingerprint density at radius 3 is 2.47 bits per heavy atom. The molecule has 0 bridgehead atoms. The molecule has 0 atom stereocenters. The SMILES string of the molecule is CC(C)OC(=O)CNC(=O)C1CCCC1. The van der Waals surface area contributed by atoms with Gasteiger partial charge in [0.25, 0.3) is 0 Å². The van der Waals surface area contributed by atoms with E-state index in [9.17, 15) is 9.59 Å². The maximum atomic E-state index is 11.5. The topological polar surface area (TPSA) is 55.4 Å². The summed E-state index contributed by atoms with van der Waals surface area (Å²) in [6, 6.07) is 0. The quantitative estimate of drug-likeness (QED) is 0.715. The Labute approximate surface area is 90.4 Å². The van der Waals surface area contributed by atoms with Gasteiger partial charge in [0, 0.05) is 5.92 Å². The summed E-state index contributed by atoms with van der Waals surface area (Å²) in [5.41, 5.74) is 0. The van der Waals surface area contributed by atoms with Crippen molar-refractivity contribution in [3.63, 3.8) is 0 Å². The fraction of sp³-hybridized carbons (Fsp3) is 0.818. The third kappa shape index (κ3) is 4.32. The zero-order valence-electron chi connectivity index (χ0n) is 9.41. The summed E-state index contributed by atoms with van der Waals surface area (Å²) in [5, 5.41) is 2.62. The summed E-state index contributed by atoms with van der Waals surface area (Å²) >= 11 is 0. The molecular weight excluding hydrogens is 194 g/mol. The van der Waals surface area contributed by atoms with Gasteiger partial charge >= 0.3 is 5.97 Å². The number of hydrogen-bond donors (Lipinski definition) is 1. The second-order valence-corrected chi connectivity index (χ2v) is 4.24. The smallest absolute Gasteiger partial charge is 0.325 e. The lowest BCUT2D eigenvalue weighted by molar-refractivity contribution is -0.147. The van der Waals surface area contributed by atoms with E-state index in [1.807, 2.05) is 0 Å². The lowest BCUT2D eigenvalue weighted by Crippen LogP contribution is -2.35.